The van der Waals surface area contributed by atoms with Gasteiger partial charge in [-0.25, -0.2) is 12.4 Å². The lowest BCUT2D eigenvalue weighted by molar-refractivity contribution is 0.0996. The molecule has 3 aromatic rings. The molecular formula is C15H13N3O3S. The number of amides is 1. The number of carbonyl (C=O) groups excluding carboxylic acids is 1. The van der Waals surface area contributed by atoms with E-state index in [2.05, 4.69) is 0 Å². The van der Waals surface area contributed by atoms with E-state index in [9.17, 15) is 13.2 Å². The standard InChI is InChI=1S/C15H13N3O3S/c16-13-11-8-4-5-9-12(11)18(14(13)15(17)19)22(20,21)10-6-2-1-3-7-10/h1-9H,16H2,(H2,17,19). The molecule has 6 nitrogen and oxygen atoms in total. The quantitative estimate of drug-likeness (QED) is 0.764. The summed E-state index contributed by atoms with van der Waals surface area (Å²) < 4.78 is 26.7. The van der Waals surface area contributed by atoms with Crippen LogP contribution in [0.1, 0.15) is 10.5 Å². The summed E-state index contributed by atoms with van der Waals surface area (Å²) in [5.41, 5.74) is 11.4. The van der Waals surface area contributed by atoms with Crippen molar-refractivity contribution in [2.75, 3.05) is 5.73 Å². The molecule has 0 bridgehead atoms. The molecule has 4 N–H and O–H groups in total. The predicted octanol–water partition coefficient (Wildman–Crippen LogP) is 1.56. The van der Waals surface area contributed by atoms with Gasteiger partial charge in [0, 0.05) is 5.39 Å². The lowest BCUT2D eigenvalue weighted by Crippen LogP contribution is -2.23. The van der Waals surface area contributed by atoms with Crippen LogP contribution in [0.25, 0.3) is 10.9 Å². The average Bonchev–Trinajstić information content (AvgIpc) is 2.82. The molecule has 0 spiro atoms. The minimum Gasteiger partial charge on any atom is -0.396 e. The van der Waals surface area contributed by atoms with E-state index < -0.39 is 15.9 Å². The van der Waals surface area contributed by atoms with Crippen LogP contribution in [0, 0.1) is 0 Å². The van der Waals surface area contributed by atoms with Gasteiger partial charge in [-0.1, -0.05) is 36.4 Å². The second kappa shape index (κ2) is 4.88. The number of hydrogen-bond acceptors (Lipinski definition) is 4. The van der Waals surface area contributed by atoms with Gasteiger partial charge in [-0.15, -0.1) is 0 Å². The summed E-state index contributed by atoms with van der Waals surface area (Å²) >= 11 is 0. The molecule has 0 fully saturated rings. The third kappa shape index (κ3) is 1.94. The number of rotatable bonds is 3. The van der Waals surface area contributed by atoms with Crippen LogP contribution in [0.15, 0.2) is 59.5 Å². The van der Waals surface area contributed by atoms with Crippen molar-refractivity contribution in [3.63, 3.8) is 0 Å². The molecule has 0 saturated carbocycles. The summed E-state index contributed by atoms with van der Waals surface area (Å²) in [4.78, 5) is 11.8. The normalized spacial score (nSPS) is 11.6. The Bertz CT molecular complexity index is 976. The van der Waals surface area contributed by atoms with Gasteiger partial charge in [0.2, 0.25) is 0 Å². The zero-order valence-electron chi connectivity index (χ0n) is 11.4. The summed E-state index contributed by atoms with van der Waals surface area (Å²) in [5, 5.41) is 0.468. The van der Waals surface area contributed by atoms with Gasteiger partial charge >= 0.3 is 0 Å². The highest BCUT2D eigenvalue weighted by atomic mass is 32.2. The molecule has 2 aromatic carbocycles. The Morgan fingerprint density at radius 2 is 1.55 bits per heavy atom. The fraction of sp³-hybridized carbons (Fsp3) is 0. The van der Waals surface area contributed by atoms with Crippen molar-refractivity contribution < 1.29 is 13.2 Å². The van der Waals surface area contributed by atoms with Gasteiger partial charge in [0.15, 0.2) is 0 Å². The molecule has 0 aliphatic carbocycles. The van der Waals surface area contributed by atoms with Crippen LogP contribution in [-0.2, 0) is 10.0 Å². The smallest absolute Gasteiger partial charge is 0.268 e. The first kappa shape index (κ1) is 14.2. The number of nitrogens with two attached hydrogens (primary N) is 2. The van der Waals surface area contributed by atoms with E-state index in [4.69, 9.17) is 11.5 Å². The van der Waals surface area contributed by atoms with Crippen molar-refractivity contribution in [1.29, 1.82) is 0 Å². The highest BCUT2D eigenvalue weighted by molar-refractivity contribution is 7.90. The molecule has 0 unspecified atom stereocenters. The maximum absolute atomic E-state index is 12.9. The number of nitrogen functional groups attached to an aromatic ring is 1. The topological polar surface area (TPSA) is 108 Å². The fourth-order valence-corrected chi connectivity index (χ4v) is 3.97. The van der Waals surface area contributed by atoms with Crippen molar-refractivity contribution in [2.24, 2.45) is 5.73 Å². The predicted molar refractivity (Wildman–Crippen MR) is 83.9 cm³/mol. The van der Waals surface area contributed by atoms with E-state index in [1.54, 1.807) is 42.5 Å². The van der Waals surface area contributed by atoms with Gasteiger partial charge in [-0.2, -0.15) is 0 Å². The van der Waals surface area contributed by atoms with Crippen LogP contribution in [0.3, 0.4) is 0 Å². The van der Waals surface area contributed by atoms with Crippen LogP contribution in [0.5, 0.6) is 0 Å². The molecule has 112 valence electrons. The van der Waals surface area contributed by atoms with Gasteiger partial charge in [-0.3, -0.25) is 4.79 Å². The Balaban J connectivity index is 2.45. The largest absolute Gasteiger partial charge is 0.396 e. The first-order valence-electron chi connectivity index (χ1n) is 6.44. The van der Waals surface area contributed by atoms with Crippen LogP contribution in [-0.4, -0.2) is 18.3 Å². The summed E-state index contributed by atoms with van der Waals surface area (Å²) in [5.74, 6) is -0.895. The number of para-hydroxylation sites is 1. The van der Waals surface area contributed by atoms with Crippen molar-refractivity contribution in [3.05, 3.63) is 60.3 Å². The van der Waals surface area contributed by atoms with Crippen LogP contribution in [0.4, 0.5) is 5.69 Å². The number of primary amides is 1. The monoisotopic (exact) mass is 315 g/mol. The summed E-state index contributed by atoms with van der Waals surface area (Å²) in [7, 11) is -3.98. The number of nitrogens with zero attached hydrogens (tertiary/aromatic N) is 1. The Morgan fingerprint density at radius 1 is 0.955 bits per heavy atom. The number of benzene rings is 2. The molecule has 0 saturated heterocycles. The molecule has 22 heavy (non-hydrogen) atoms. The average molecular weight is 315 g/mol. The molecular weight excluding hydrogens is 302 g/mol. The van der Waals surface area contributed by atoms with E-state index in [0.29, 0.717) is 10.9 Å². The number of carbonyl (C=O) groups is 1. The van der Waals surface area contributed by atoms with Gasteiger partial charge in [0.1, 0.15) is 5.69 Å². The molecule has 0 aliphatic heterocycles. The Labute approximate surface area is 127 Å². The van der Waals surface area contributed by atoms with Crippen molar-refractivity contribution in [3.8, 4) is 0 Å². The van der Waals surface area contributed by atoms with E-state index in [0.717, 1.165) is 3.97 Å². The molecule has 7 heteroatoms. The maximum Gasteiger partial charge on any atom is 0.268 e. The third-order valence-electron chi connectivity index (χ3n) is 3.39. The van der Waals surface area contributed by atoms with Crippen LogP contribution >= 0.6 is 0 Å². The van der Waals surface area contributed by atoms with Crippen LogP contribution in [0.2, 0.25) is 0 Å². The Morgan fingerprint density at radius 3 is 2.18 bits per heavy atom. The maximum atomic E-state index is 12.9. The van der Waals surface area contributed by atoms with Gasteiger partial charge in [0.05, 0.1) is 16.1 Å². The summed E-state index contributed by atoms with van der Waals surface area (Å²) in [6, 6.07) is 14.4. The highest BCUT2D eigenvalue weighted by Crippen LogP contribution is 2.31. The molecule has 3 rings (SSSR count). The summed E-state index contributed by atoms with van der Waals surface area (Å²) in [6.07, 6.45) is 0. The SMILES string of the molecule is NC(=O)c1c(N)c2ccccc2n1S(=O)(=O)c1ccccc1. The molecule has 1 amide bonds. The second-order valence-corrected chi connectivity index (χ2v) is 6.51. The minimum absolute atomic E-state index is 0.0539. The molecule has 0 atom stereocenters. The van der Waals surface area contributed by atoms with E-state index >= 15 is 0 Å². The van der Waals surface area contributed by atoms with Crippen molar-refractivity contribution in [2.45, 2.75) is 4.90 Å². The molecule has 1 heterocycles. The van der Waals surface area contributed by atoms with E-state index in [1.165, 1.54) is 12.1 Å². The first-order chi connectivity index (χ1) is 10.4. The lowest BCUT2D eigenvalue weighted by Gasteiger charge is -2.10. The number of anilines is 1. The zero-order valence-corrected chi connectivity index (χ0v) is 12.2. The molecule has 0 aliphatic rings. The summed E-state index contributed by atoms with van der Waals surface area (Å²) in [6.45, 7) is 0. The lowest BCUT2D eigenvalue weighted by atomic mass is 10.2. The molecule has 1 aromatic heterocycles. The van der Waals surface area contributed by atoms with Crippen LogP contribution < -0.4 is 11.5 Å². The van der Waals surface area contributed by atoms with Gasteiger partial charge in [0.25, 0.3) is 15.9 Å². The fourth-order valence-electron chi connectivity index (χ4n) is 2.42. The van der Waals surface area contributed by atoms with Crippen molar-refractivity contribution >= 4 is 32.5 Å². The van der Waals surface area contributed by atoms with E-state index in [1.807, 2.05) is 0 Å². The Hall–Kier alpha value is -2.80. The molecule has 0 radical (unpaired) electrons. The third-order valence-corrected chi connectivity index (χ3v) is 5.11. The second-order valence-electron chi connectivity index (χ2n) is 4.73. The Kier molecular flexibility index (Phi) is 3.14. The number of aromatic nitrogens is 1. The number of fused-ring (bicyclic) bond motifs is 1. The van der Waals surface area contributed by atoms with Crippen molar-refractivity contribution in [1.82, 2.24) is 3.97 Å². The first-order valence-corrected chi connectivity index (χ1v) is 7.88. The van der Waals surface area contributed by atoms with Gasteiger partial charge in [-0.05, 0) is 18.2 Å². The highest BCUT2D eigenvalue weighted by Gasteiger charge is 2.28. The number of hydrogen-bond donors (Lipinski definition) is 2. The minimum atomic E-state index is -3.98. The van der Waals surface area contributed by atoms with Gasteiger partial charge < -0.3 is 11.5 Å². The van der Waals surface area contributed by atoms with E-state index in [-0.39, 0.29) is 16.3 Å². The zero-order chi connectivity index (χ0) is 15.9.